The summed E-state index contributed by atoms with van der Waals surface area (Å²) in [6.45, 7) is 2.30. The summed E-state index contributed by atoms with van der Waals surface area (Å²) in [4.78, 5) is 20.4. The summed E-state index contributed by atoms with van der Waals surface area (Å²) in [5, 5.41) is 7.88. The van der Waals surface area contributed by atoms with Crippen LogP contribution in [0.5, 0.6) is 0 Å². The third-order valence-electron chi connectivity index (χ3n) is 3.41. The molecule has 23 heavy (non-hydrogen) atoms. The highest BCUT2D eigenvalue weighted by atomic mass is 32.1. The lowest BCUT2D eigenvalue weighted by Crippen LogP contribution is -2.30. The van der Waals surface area contributed by atoms with Crippen LogP contribution in [-0.2, 0) is 13.5 Å². The highest BCUT2D eigenvalue weighted by Crippen LogP contribution is 2.16. The van der Waals surface area contributed by atoms with Crippen LogP contribution in [0.2, 0.25) is 0 Å². The third kappa shape index (κ3) is 3.48. The molecule has 0 bridgehead atoms. The first-order valence-corrected chi connectivity index (χ1v) is 7.99. The lowest BCUT2D eigenvalue weighted by molar-refractivity contribution is 0.252. The van der Waals surface area contributed by atoms with Crippen LogP contribution in [0.15, 0.2) is 23.6 Å². The van der Waals surface area contributed by atoms with Gasteiger partial charge in [0.25, 0.3) is 0 Å². The van der Waals surface area contributed by atoms with Gasteiger partial charge in [0, 0.05) is 25.4 Å². The van der Waals surface area contributed by atoms with Crippen LogP contribution in [0.1, 0.15) is 11.5 Å². The first kappa shape index (κ1) is 15.4. The zero-order valence-corrected chi connectivity index (χ0v) is 13.6. The molecular formula is C15H16FN5OS. The number of imidazole rings is 1. The lowest BCUT2D eigenvalue weighted by Gasteiger charge is -2.05. The minimum Gasteiger partial charge on any atom is -0.337 e. The number of nitrogens with one attached hydrogen (secondary N) is 2. The zero-order valence-electron chi connectivity index (χ0n) is 12.8. The van der Waals surface area contributed by atoms with E-state index in [9.17, 15) is 9.18 Å². The molecule has 2 amide bonds. The van der Waals surface area contributed by atoms with E-state index in [0.29, 0.717) is 18.1 Å². The topological polar surface area (TPSA) is 71.8 Å². The van der Waals surface area contributed by atoms with Gasteiger partial charge in [-0.05, 0) is 25.1 Å². The number of hydrogen-bond acceptors (Lipinski definition) is 4. The fourth-order valence-corrected chi connectivity index (χ4v) is 2.96. The summed E-state index contributed by atoms with van der Waals surface area (Å²) < 4.78 is 15.1. The van der Waals surface area contributed by atoms with Gasteiger partial charge in [0.2, 0.25) is 0 Å². The highest BCUT2D eigenvalue weighted by molar-refractivity contribution is 7.13. The van der Waals surface area contributed by atoms with Crippen LogP contribution in [0.4, 0.5) is 14.3 Å². The maximum atomic E-state index is 13.3. The molecule has 2 aromatic heterocycles. The van der Waals surface area contributed by atoms with E-state index in [1.165, 1.54) is 23.5 Å². The zero-order chi connectivity index (χ0) is 16.4. The molecule has 2 N–H and O–H groups in total. The Morgan fingerprint density at radius 3 is 2.96 bits per heavy atom. The number of fused-ring (bicyclic) bond motifs is 1. The van der Waals surface area contributed by atoms with Crippen molar-refractivity contribution in [1.82, 2.24) is 19.9 Å². The summed E-state index contributed by atoms with van der Waals surface area (Å²) in [5.74, 6) is 0.499. The van der Waals surface area contributed by atoms with E-state index in [-0.39, 0.29) is 11.8 Å². The molecule has 6 nitrogen and oxygen atoms in total. The van der Waals surface area contributed by atoms with Crippen molar-refractivity contribution in [3.8, 4) is 0 Å². The molecule has 2 heterocycles. The van der Waals surface area contributed by atoms with E-state index >= 15 is 0 Å². The van der Waals surface area contributed by atoms with Crippen LogP contribution in [0.3, 0.4) is 0 Å². The van der Waals surface area contributed by atoms with Crippen molar-refractivity contribution in [1.29, 1.82) is 0 Å². The Morgan fingerprint density at radius 2 is 2.22 bits per heavy atom. The molecule has 1 aromatic carbocycles. The van der Waals surface area contributed by atoms with Gasteiger partial charge in [-0.3, -0.25) is 5.32 Å². The van der Waals surface area contributed by atoms with E-state index in [0.717, 1.165) is 22.6 Å². The van der Waals surface area contributed by atoms with Gasteiger partial charge >= 0.3 is 6.03 Å². The molecule has 0 fully saturated rings. The van der Waals surface area contributed by atoms with Gasteiger partial charge in [-0.25, -0.2) is 19.2 Å². The van der Waals surface area contributed by atoms with Crippen LogP contribution < -0.4 is 10.6 Å². The van der Waals surface area contributed by atoms with Crippen LogP contribution in [0.25, 0.3) is 11.0 Å². The quantitative estimate of drug-likeness (QED) is 0.771. The number of aryl methyl sites for hydroxylation is 2. The molecule has 0 saturated carbocycles. The summed E-state index contributed by atoms with van der Waals surface area (Å²) in [5.41, 5.74) is 2.35. The Bertz CT molecular complexity index is 857. The molecule has 0 spiro atoms. The molecule has 120 valence electrons. The number of carbonyl (C=O) groups is 1. The van der Waals surface area contributed by atoms with Gasteiger partial charge in [-0.1, -0.05) is 0 Å². The average Bonchev–Trinajstić information content (AvgIpc) is 3.04. The normalized spacial score (nSPS) is 10.9. The number of thiazole rings is 1. The van der Waals surface area contributed by atoms with Crippen molar-refractivity contribution in [2.24, 2.45) is 7.05 Å². The minimum absolute atomic E-state index is 0.289. The Kier molecular flexibility index (Phi) is 4.24. The highest BCUT2D eigenvalue weighted by Gasteiger charge is 2.09. The van der Waals surface area contributed by atoms with Crippen molar-refractivity contribution in [2.45, 2.75) is 13.3 Å². The Balaban J connectivity index is 1.58. The first-order chi connectivity index (χ1) is 11.0. The summed E-state index contributed by atoms with van der Waals surface area (Å²) in [6.07, 6.45) is 0.553. The number of halogens is 1. The van der Waals surface area contributed by atoms with Gasteiger partial charge in [-0.2, -0.15) is 0 Å². The molecule has 0 saturated heterocycles. The van der Waals surface area contributed by atoms with Crippen molar-refractivity contribution in [3.05, 3.63) is 40.9 Å². The predicted octanol–water partition coefficient (Wildman–Crippen LogP) is 2.84. The number of anilines is 1. The Morgan fingerprint density at radius 1 is 1.39 bits per heavy atom. The van der Waals surface area contributed by atoms with Gasteiger partial charge in [0.05, 0.1) is 16.7 Å². The van der Waals surface area contributed by atoms with E-state index in [1.54, 1.807) is 6.07 Å². The molecular weight excluding hydrogens is 317 g/mol. The van der Waals surface area contributed by atoms with Gasteiger partial charge in [0.15, 0.2) is 5.13 Å². The van der Waals surface area contributed by atoms with Crippen molar-refractivity contribution >= 4 is 33.5 Å². The standard InChI is InChI=1S/C15H16FN5OS/c1-9-8-23-15(18-9)20-14(22)17-6-5-13-19-11-4-3-10(16)7-12(11)21(13)2/h3-4,7-8H,5-6H2,1-2H3,(H2,17,18,20,22). The number of rotatable bonds is 4. The van der Waals surface area contributed by atoms with E-state index in [1.807, 2.05) is 23.9 Å². The fraction of sp³-hybridized carbons (Fsp3) is 0.267. The number of benzene rings is 1. The number of aromatic nitrogens is 3. The molecule has 0 radical (unpaired) electrons. The van der Waals surface area contributed by atoms with Gasteiger partial charge in [0.1, 0.15) is 11.6 Å². The second-order valence-electron chi connectivity index (χ2n) is 5.15. The Hall–Kier alpha value is -2.48. The maximum absolute atomic E-state index is 13.3. The fourth-order valence-electron chi connectivity index (χ4n) is 2.28. The predicted molar refractivity (Wildman–Crippen MR) is 88.2 cm³/mol. The summed E-state index contributed by atoms with van der Waals surface area (Å²) >= 11 is 1.38. The number of hydrogen-bond donors (Lipinski definition) is 2. The van der Waals surface area contributed by atoms with Crippen LogP contribution in [-0.4, -0.2) is 27.1 Å². The SMILES string of the molecule is Cc1csc(NC(=O)NCCc2nc3ccc(F)cc3n2C)n1. The second kappa shape index (κ2) is 6.33. The largest absolute Gasteiger partial charge is 0.337 e. The van der Waals surface area contributed by atoms with E-state index in [4.69, 9.17) is 0 Å². The third-order valence-corrected chi connectivity index (χ3v) is 4.28. The Labute approximate surface area is 136 Å². The number of carbonyl (C=O) groups excluding carboxylic acids is 1. The molecule has 3 rings (SSSR count). The average molecular weight is 333 g/mol. The van der Waals surface area contributed by atoms with Crippen molar-refractivity contribution in [2.75, 3.05) is 11.9 Å². The van der Waals surface area contributed by atoms with E-state index in [2.05, 4.69) is 20.6 Å². The lowest BCUT2D eigenvalue weighted by atomic mass is 10.3. The van der Waals surface area contributed by atoms with E-state index < -0.39 is 0 Å². The van der Waals surface area contributed by atoms with Crippen molar-refractivity contribution in [3.63, 3.8) is 0 Å². The van der Waals surface area contributed by atoms with Gasteiger partial charge in [-0.15, -0.1) is 11.3 Å². The molecule has 3 aromatic rings. The first-order valence-electron chi connectivity index (χ1n) is 7.11. The van der Waals surface area contributed by atoms with Gasteiger partial charge < -0.3 is 9.88 Å². The number of amides is 2. The van der Waals surface area contributed by atoms with Crippen LogP contribution in [0, 0.1) is 12.7 Å². The molecule has 8 heteroatoms. The summed E-state index contributed by atoms with van der Waals surface area (Å²) in [7, 11) is 1.84. The molecule has 0 aliphatic carbocycles. The molecule has 0 aliphatic rings. The minimum atomic E-state index is -0.302. The maximum Gasteiger partial charge on any atom is 0.321 e. The van der Waals surface area contributed by atoms with Crippen molar-refractivity contribution < 1.29 is 9.18 Å². The number of nitrogens with zero attached hydrogens (tertiary/aromatic N) is 3. The summed E-state index contributed by atoms with van der Waals surface area (Å²) in [6, 6.07) is 4.20. The molecule has 0 aliphatic heterocycles. The second-order valence-corrected chi connectivity index (χ2v) is 6.00. The monoisotopic (exact) mass is 333 g/mol. The molecule has 0 atom stereocenters. The molecule has 0 unspecified atom stereocenters. The number of urea groups is 1. The smallest absolute Gasteiger partial charge is 0.321 e. The van der Waals surface area contributed by atoms with Crippen LogP contribution >= 0.6 is 11.3 Å².